The summed E-state index contributed by atoms with van der Waals surface area (Å²) in [6.07, 6.45) is 8.10. The van der Waals surface area contributed by atoms with Gasteiger partial charge in [0.2, 0.25) is 0 Å². The number of benzene rings is 2. The number of likely N-dealkylation sites (tertiary alicyclic amines) is 1. The van der Waals surface area contributed by atoms with Crippen LogP contribution in [-0.4, -0.2) is 34.4 Å². The first-order chi connectivity index (χ1) is 15.2. The highest BCUT2D eigenvalue weighted by atomic mass is 16.2. The molecule has 0 saturated carbocycles. The third-order valence-electron chi connectivity index (χ3n) is 5.85. The Kier molecular flexibility index (Phi) is 5.14. The SMILES string of the molecule is O=C1NC(=O)c2ccc(-n3cccc3)cc2/C1=C/Nc1ccc(CN2CCCC2)cc1. The third kappa shape index (κ3) is 4.02. The van der Waals surface area contributed by atoms with Crippen molar-refractivity contribution in [2.75, 3.05) is 18.4 Å². The lowest BCUT2D eigenvalue weighted by Gasteiger charge is -2.20. The Morgan fingerprint density at radius 2 is 1.65 bits per heavy atom. The predicted molar refractivity (Wildman–Crippen MR) is 121 cm³/mol. The minimum absolute atomic E-state index is 0.373. The molecular formula is C25H24N4O2. The van der Waals surface area contributed by atoms with Crippen molar-refractivity contribution in [1.82, 2.24) is 14.8 Å². The summed E-state index contributed by atoms with van der Waals surface area (Å²) in [4.78, 5) is 27.3. The Morgan fingerprint density at radius 1 is 0.903 bits per heavy atom. The van der Waals surface area contributed by atoms with Crippen LogP contribution < -0.4 is 10.6 Å². The summed E-state index contributed by atoms with van der Waals surface area (Å²) in [5, 5.41) is 5.65. The van der Waals surface area contributed by atoms with Crippen LogP contribution >= 0.6 is 0 Å². The molecule has 0 unspecified atom stereocenters. The number of fused-ring (bicyclic) bond motifs is 1. The first-order valence-corrected chi connectivity index (χ1v) is 10.6. The smallest absolute Gasteiger partial charge is 0.260 e. The van der Waals surface area contributed by atoms with Gasteiger partial charge < -0.3 is 9.88 Å². The van der Waals surface area contributed by atoms with Crippen LogP contribution in [0.5, 0.6) is 0 Å². The van der Waals surface area contributed by atoms with Crippen molar-refractivity contribution in [2.45, 2.75) is 19.4 Å². The molecule has 1 saturated heterocycles. The predicted octanol–water partition coefficient (Wildman–Crippen LogP) is 3.80. The molecule has 1 fully saturated rings. The van der Waals surface area contributed by atoms with Crippen LogP contribution in [0.4, 0.5) is 5.69 Å². The number of hydrogen-bond donors (Lipinski definition) is 2. The Hall–Kier alpha value is -3.64. The van der Waals surface area contributed by atoms with Gasteiger partial charge in [0.1, 0.15) is 0 Å². The summed E-state index contributed by atoms with van der Waals surface area (Å²) in [5.74, 6) is -0.775. The average Bonchev–Trinajstić information content (AvgIpc) is 3.49. The van der Waals surface area contributed by atoms with Crippen molar-refractivity contribution >= 4 is 23.1 Å². The molecule has 3 aromatic rings. The van der Waals surface area contributed by atoms with Crippen molar-refractivity contribution < 1.29 is 9.59 Å². The number of carbonyl (C=O) groups excluding carboxylic acids is 2. The molecule has 0 aliphatic carbocycles. The fourth-order valence-corrected chi connectivity index (χ4v) is 4.18. The van der Waals surface area contributed by atoms with Gasteiger partial charge in [-0.2, -0.15) is 0 Å². The molecule has 3 heterocycles. The lowest BCUT2D eigenvalue weighted by Crippen LogP contribution is -2.36. The number of nitrogens with zero attached hydrogens (tertiary/aromatic N) is 2. The molecule has 156 valence electrons. The van der Waals surface area contributed by atoms with Gasteiger partial charge in [0.25, 0.3) is 11.8 Å². The van der Waals surface area contributed by atoms with E-state index in [1.807, 2.05) is 53.4 Å². The van der Waals surface area contributed by atoms with Crippen LogP contribution in [0.3, 0.4) is 0 Å². The first kappa shape index (κ1) is 19.3. The minimum atomic E-state index is -0.402. The summed E-state index contributed by atoms with van der Waals surface area (Å²) in [6.45, 7) is 3.32. The maximum atomic E-state index is 12.6. The average molecular weight is 412 g/mol. The van der Waals surface area contributed by atoms with Crippen LogP contribution in [0.1, 0.15) is 34.3 Å². The molecule has 2 N–H and O–H groups in total. The number of rotatable bonds is 5. The van der Waals surface area contributed by atoms with Crippen molar-refractivity contribution in [3.05, 3.63) is 89.9 Å². The summed E-state index contributed by atoms with van der Waals surface area (Å²) in [6, 6.07) is 17.6. The number of hydrogen-bond acceptors (Lipinski definition) is 4. The van der Waals surface area contributed by atoms with Crippen molar-refractivity contribution in [3.63, 3.8) is 0 Å². The van der Waals surface area contributed by atoms with Crippen LogP contribution in [0.25, 0.3) is 11.3 Å². The van der Waals surface area contributed by atoms with E-state index in [-0.39, 0.29) is 5.91 Å². The zero-order chi connectivity index (χ0) is 21.2. The zero-order valence-corrected chi connectivity index (χ0v) is 17.2. The summed E-state index contributed by atoms with van der Waals surface area (Å²) in [5.41, 5.74) is 4.61. The molecule has 2 aliphatic rings. The van der Waals surface area contributed by atoms with Gasteiger partial charge in [-0.25, -0.2) is 0 Å². The molecule has 1 aromatic heterocycles. The lowest BCUT2D eigenvalue weighted by atomic mass is 9.95. The number of imide groups is 1. The third-order valence-corrected chi connectivity index (χ3v) is 5.85. The van der Waals surface area contributed by atoms with E-state index in [1.165, 1.54) is 31.5 Å². The Morgan fingerprint density at radius 3 is 2.39 bits per heavy atom. The fourth-order valence-electron chi connectivity index (χ4n) is 4.18. The molecular weight excluding hydrogens is 388 g/mol. The lowest BCUT2D eigenvalue weighted by molar-refractivity contribution is -0.114. The molecule has 0 atom stereocenters. The van der Waals surface area contributed by atoms with E-state index in [0.29, 0.717) is 16.7 Å². The molecule has 2 aromatic carbocycles. The minimum Gasteiger partial charge on any atom is -0.361 e. The van der Waals surface area contributed by atoms with Crippen molar-refractivity contribution in [3.8, 4) is 5.69 Å². The normalized spacial score (nSPS) is 17.6. The molecule has 0 radical (unpaired) electrons. The molecule has 2 amide bonds. The van der Waals surface area contributed by atoms with Crippen LogP contribution in [0, 0.1) is 0 Å². The van der Waals surface area contributed by atoms with Gasteiger partial charge in [-0.3, -0.25) is 19.8 Å². The van der Waals surface area contributed by atoms with Crippen LogP contribution in [0.2, 0.25) is 0 Å². The summed E-state index contributed by atoms with van der Waals surface area (Å²) in [7, 11) is 0. The van der Waals surface area contributed by atoms with E-state index in [9.17, 15) is 9.59 Å². The molecule has 6 heteroatoms. The van der Waals surface area contributed by atoms with E-state index in [4.69, 9.17) is 0 Å². The van der Waals surface area contributed by atoms with Gasteiger partial charge in [0.05, 0.1) is 5.57 Å². The van der Waals surface area contributed by atoms with Crippen molar-refractivity contribution in [2.24, 2.45) is 0 Å². The highest BCUT2D eigenvalue weighted by molar-refractivity contribution is 6.31. The number of anilines is 1. The Balaban J connectivity index is 1.39. The van der Waals surface area contributed by atoms with E-state index in [0.717, 1.165) is 17.9 Å². The quantitative estimate of drug-likeness (QED) is 0.494. The summed E-state index contributed by atoms with van der Waals surface area (Å²) < 4.78 is 1.95. The molecule has 0 spiro atoms. The van der Waals surface area contributed by atoms with Crippen LogP contribution in [-0.2, 0) is 11.3 Å². The monoisotopic (exact) mass is 412 g/mol. The number of aromatic nitrogens is 1. The second kappa shape index (κ2) is 8.24. The van der Waals surface area contributed by atoms with Crippen molar-refractivity contribution in [1.29, 1.82) is 0 Å². The molecule has 5 rings (SSSR count). The van der Waals surface area contributed by atoms with E-state index < -0.39 is 5.91 Å². The fraction of sp³-hybridized carbons (Fsp3) is 0.200. The number of amides is 2. The topological polar surface area (TPSA) is 66.4 Å². The van der Waals surface area contributed by atoms with E-state index in [2.05, 4.69) is 27.7 Å². The maximum Gasteiger partial charge on any atom is 0.260 e. The summed E-state index contributed by atoms with van der Waals surface area (Å²) >= 11 is 0. The first-order valence-electron chi connectivity index (χ1n) is 10.6. The molecule has 2 aliphatic heterocycles. The van der Waals surface area contributed by atoms with Gasteiger partial charge in [-0.05, 0) is 74.0 Å². The molecule has 31 heavy (non-hydrogen) atoms. The van der Waals surface area contributed by atoms with Gasteiger partial charge in [-0.1, -0.05) is 12.1 Å². The number of nitrogens with one attached hydrogen (secondary N) is 2. The molecule has 0 bridgehead atoms. The van der Waals surface area contributed by atoms with Gasteiger partial charge in [0.15, 0.2) is 0 Å². The van der Waals surface area contributed by atoms with Gasteiger partial charge in [-0.15, -0.1) is 0 Å². The van der Waals surface area contributed by atoms with E-state index >= 15 is 0 Å². The van der Waals surface area contributed by atoms with Gasteiger partial charge in [0, 0.05) is 47.6 Å². The Bertz CT molecular complexity index is 1140. The van der Waals surface area contributed by atoms with Crippen LogP contribution in [0.15, 0.2) is 73.2 Å². The van der Waals surface area contributed by atoms with E-state index in [1.54, 1.807) is 12.3 Å². The second-order valence-corrected chi connectivity index (χ2v) is 7.99. The molecule has 6 nitrogen and oxygen atoms in total. The number of carbonyl (C=O) groups is 2. The highest BCUT2D eigenvalue weighted by Crippen LogP contribution is 2.27. The Labute approximate surface area is 181 Å². The highest BCUT2D eigenvalue weighted by Gasteiger charge is 2.27. The van der Waals surface area contributed by atoms with Gasteiger partial charge >= 0.3 is 0 Å². The second-order valence-electron chi connectivity index (χ2n) is 7.99. The maximum absolute atomic E-state index is 12.6. The standard InChI is InChI=1S/C25H24N4O2/c30-24-21-10-9-20(29-13-3-4-14-29)15-22(21)23(25(31)27-24)16-26-19-7-5-18(6-8-19)17-28-11-1-2-12-28/h3-10,13-16,26H,1-2,11-12,17H2,(H,27,30,31)/b23-16-. The zero-order valence-electron chi connectivity index (χ0n) is 17.2. The largest absolute Gasteiger partial charge is 0.361 e.